The summed E-state index contributed by atoms with van der Waals surface area (Å²) in [5, 5.41) is 14.7. The maximum absolute atomic E-state index is 12.1. The van der Waals surface area contributed by atoms with Gasteiger partial charge in [0, 0.05) is 17.5 Å². The Hall–Kier alpha value is -2.87. The van der Waals surface area contributed by atoms with Crippen LogP contribution < -0.4 is 5.76 Å². The minimum Gasteiger partial charge on any atom is -0.477 e. The van der Waals surface area contributed by atoms with E-state index < -0.39 is 17.3 Å². The molecule has 2 aliphatic carbocycles. The van der Waals surface area contributed by atoms with Gasteiger partial charge in [-0.25, -0.2) is 9.59 Å². The number of hydrogen-bond donors (Lipinski definition) is 2. The predicted molar refractivity (Wildman–Crippen MR) is 107 cm³/mol. The number of fused-ring (bicyclic) bond motifs is 1. The largest absolute Gasteiger partial charge is 0.477 e. The first-order valence-electron chi connectivity index (χ1n) is 10.5. The van der Waals surface area contributed by atoms with Crippen LogP contribution in [0.3, 0.4) is 0 Å². The number of aromatic amines is 1. The van der Waals surface area contributed by atoms with E-state index in [4.69, 9.17) is 9.26 Å². The van der Waals surface area contributed by atoms with Crippen molar-refractivity contribution < 1.29 is 19.2 Å². The molecule has 30 heavy (non-hydrogen) atoms. The first-order chi connectivity index (χ1) is 14.4. The summed E-state index contributed by atoms with van der Waals surface area (Å²) in [5.74, 6) is -0.698. The highest BCUT2D eigenvalue weighted by Crippen LogP contribution is 2.56. The lowest BCUT2D eigenvalue weighted by Gasteiger charge is -2.30. The van der Waals surface area contributed by atoms with Gasteiger partial charge in [0.15, 0.2) is 5.82 Å². The number of aromatic carboxylic acids is 1. The Kier molecular flexibility index (Phi) is 3.50. The summed E-state index contributed by atoms with van der Waals surface area (Å²) in [5.41, 5.74) is 1.64. The topological polar surface area (TPSA) is 110 Å². The molecule has 1 aliphatic heterocycles. The molecule has 1 aromatic carbocycles. The van der Waals surface area contributed by atoms with Crippen molar-refractivity contribution in [3.05, 3.63) is 51.9 Å². The van der Waals surface area contributed by atoms with E-state index in [0.717, 1.165) is 43.2 Å². The minimum absolute atomic E-state index is 0.0857. The molecule has 2 N–H and O–H groups in total. The van der Waals surface area contributed by atoms with Crippen LogP contribution >= 0.6 is 0 Å². The third-order valence-electron chi connectivity index (χ3n) is 7.34. The van der Waals surface area contributed by atoms with Crippen molar-refractivity contribution in [2.24, 2.45) is 5.92 Å². The minimum atomic E-state index is -1.000. The Morgan fingerprint density at radius 3 is 2.73 bits per heavy atom. The van der Waals surface area contributed by atoms with Crippen molar-refractivity contribution >= 4 is 16.9 Å². The molecule has 6 rings (SSSR count). The first kappa shape index (κ1) is 17.9. The van der Waals surface area contributed by atoms with Crippen molar-refractivity contribution in [3.63, 3.8) is 0 Å². The highest BCUT2D eigenvalue weighted by molar-refractivity contribution is 5.95. The quantitative estimate of drug-likeness (QED) is 0.685. The van der Waals surface area contributed by atoms with Crippen LogP contribution in [-0.2, 0) is 10.3 Å². The van der Waals surface area contributed by atoms with Crippen molar-refractivity contribution in [3.8, 4) is 0 Å². The monoisotopic (exact) mass is 409 g/mol. The van der Waals surface area contributed by atoms with Crippen LogP contribution in [0.2, 0.25) is 0 Å². The highest BCUT2D eigenvalue weighted by atomic mass is 16.5. The Morgan fingerprint density at radius 1 is 1.30 bits per heavy atom. The molecular weight excluding hydrogens is 386 g/mol. The Morgan fingerprint density at radius 2 is 2.10 bits per heavy atom. The van der Waals surface area contributed by atoms with Gasteiger partial charge in [0.1, 0.15) is 11.2 Å². The van der Waals surface area contributed by atoms with E-state index in [0.29, 0.717) is 18.2 Å². The number of nitrogens with zero attached hydrogens (tertiary/aromatic N) is 2. The number of hydrogen-bond acceptors (Lipinski definition) is 5. The van der Waals surface area contributed by atoms with Gasteiger partial charge in [-0.1, -0.05) is 18.1 Å². The zero-order valence-corrected chi connectivity index (χ0v) is 16.7. The molecule has 3 fully saturated rings. The third kappa shape index (κ3) is 2.46. The summed E-state index contributed by atoms with van der Waals surface area (Å²) in [4.78, 5) is 26.4. The zero-order valence-electron chi connectivity index (χ0n) is 16.7. The Bertz CT molecular complexity index is 1230. The molecule has 3 heterocycles. The van der Waals surface area contributed by atoms with Crippen molar-refractivity contribution in [2.75, 3.05) is 6.61 Å². The molecule has 1 spiro atoms. The number of benzene rings is 1. The summed E-state index contributed by atoms with van der Waals surface area (Å²) in [6.45, 7) is 2.81. The number of H-pyrrole nitrogens is 1. The number of rotatable bonds is 4. The van der Waals surface area contributed by atoms with Gasteiger partial charge in [0.05, 0.1) is 5.60 Å². The molecule has 3 aromatic rings. The molecule has 2 saturated carbocycles. The molecule has 0 radical (unpaired) electrons. The Labute approximate surface area is 171 Å². The molecule has 0 bridgehead atoms. The molecule has 1 saturated heterocycles. The second kappa shape index (κ2) is 5.85. The molecule has 8 nitrogen and oxygen atoms in total. The van der Waals surface area contributed by atoms with Gasteiger partial charge in [-0.2, -0.15) is 0 Å². The van der Waals surface area contributed by atoms with E-state index in [-0.39, 0.29) is 17.2 Å². The van der Waals surface area contributed by atoms with Gasteiger partial charge in [-0.05, 0) is 67.7 Å². The van der Waals surface area contributed by atoms with Crippen LogP contribution in [-0.4, -0.2) is 38.0 Å². The predicted octanol–water partition coefficient (Wildman–Crippen LogP) is 3.23. The van der Waals surface area contributed by atoms with Crippen molar-refractivity contribution in [1.82, 2.24) is 14.7 Å². The lowest BCUT2D eigenvalue weighted by atomic mass is 9.87. The Balaban J connectivity index is 1.48. The average molecular weight is 409 g/mol. The van der Waals surface area contributed by atoms with Crippen LogP contribution in [0.15, 0.2) is 33.6 Å². The number of carboxylic acids is 1. The maximum Gasteiger partial charge on any atom is 0.438 e. The van der Waals surface area contributed by atoms with Crippen molar-refractivity contribution in [1.29, 1.82) is 0 Å². The van der Waals surface area contributed by atoms with Crippen LogP contribution in [0, 0.1) is 5.92 Å². The maximum atomic E-state index is 12.1. The normalized spacial score (nSPS) is 29.4. The second-order valence-corrected chi connectivity index (χ2v) is 9.18. The first-order valence-corrected chi connectivity index (χ1v) is 10.5. The fourth-order valence-electron chi connectivity index (χ4n) is 5.45. The lowest BCUT2D eigenvalue weighted by molar-refractivity contribution is -0.0132. The lowest BCUT2D eigenvalue weighted by Crippen LogP contribution is -2.27. The molecule has 3 atom stereocenters. The van der Waals surface area contributed by atoms with E-state index in [1.165, 1.54) is 5.56 Å². The zero-order chi connectivity index (χ0) is 20.7. The number of ether oxygens (including phenoxy) is 1. The van der Waals surface area contributed by atoms with Crippen LogP contribution in [0.4, 0.5) is 0 Å². The van der Waals surface area contributed by atoms with Gasteiger partial charge in [0.2, 0.25) is 0 Å². The van der Waals surface area contributed by atoms with Gasteiger partial charge >= 0.3 is 11.7 Å². The second-order valence-electron chi connectivity index (χ2n) is 9.18. The molecule has 2 aromatic heterocycles. The van der Waals surface area contributed by atoms with Crippen LogP contribution in [0.5, 0.6) is 0 Å². The van der Waals surface area contributed by atoms with Gasteiger partial charge in [-0.3, -0.25) is 9.51 Å². The summed E-state index contributed by atoms with van der Waals surface area (Å²) in [7, 11) is 0. The van der Waals surface area contributed by atoms with E-state index in [1.54, 1.807) is 6.07 Å². The van der Waals surface area contributed by atoms with E-state index >= 15 is 0 Å². The SMILES string of the molecule is C[C@H]1C[C@]1(c1noc(=O)[nH]1)n1c(C(=O)O)cc2cc([C@H]3CCOC4(CC4)C3)ccc21. The summed E-state index contributed by atoms with van der Waals surface area (Å²) in [6, 6.07) is 7.98. The fourth-order valence-corrected chi connectivity index (χ4v) is 5.45. The van der Waals surface area contributed by atoms with E-state index in [1.807, 2.05) is 17.6 Å². The average Bonchev–Trinajstić information content (AvgIpc) is 3.49. The number of aromatic nitrogens is 3. The molecule has 8 heteroatoms. The summed E-state index contributed by atoms with van der Waals surface area (Å²) >= 11 is 0. The molecular formula is C22H23N3O5. The standard InChI is InChI=1S/C22H23N3O5/c1-12-10-22(12,19-23-20(28)30-24-19)25-16-3-2-13(8-15(16)9-17(25)18(26)27)14-4-7-29-21(11-14)5-6-21/h2-3,8-9,12,14H,4-7,10-11H2,1H3,(H,26,27)(H,23,24,28)/t12-,14-,22-/m0/s1. The summed E-state index contributed by atoms with van der Waals surface area (Å²) < 4.78 is 12.5. The number of carboxylic acid groups (broad SMARTS) is 1. The smallest absolute Gasteiger partial charge is 0.438 e. The van der Waals surface area contributed by atoms with Gasteiger partial charge < -0.3 is 14.4 Å². The highest BCUT2D eigenvalue weighted by Gasteiger charge is 2.59. The molecule has 0 unspecified atom stereocenters. The molecule has 0 amide bonds. The number of carbonyl (C=O) groups is 1. The van der Waals surface area contributed by atoms with E-state index in [9.17, 15) is 14.7 Å². The van der Waals surface area contributed by atoms with Gasteiger partial charge in [-0.15, -0.1) is 0 Å². The van der Waals surface area contributed by atoms with E-state index in [2.05, 4.69) is 22.3 Å². The van der Waals surface area contributed by atoms with Crippen LogP contribution in [0.1, 0.15) is 66.8 Å². The molecule has 3 aliphatic rings. The summed E-state index contributed by atoms with van der Waals surface area (Å²) in [6.07, 6.45) is 4.99. The third-order valence-corrected chi connectivity index (χ3v) is 7.34. The fraction of sp³-hybridized carbons (Fsp3) is 0.500. The number of nitrogens with one attached hydrogen (secondary N) is 1. The van der Waals surface area contributed by atoms with Gasteiger partial charge in [0.25, 0.3) is 0 Å². The van der Waals surface area contributed by atoms with Crippen molar-refractivity contribution in [2.45, 2.75) is 56.1 Å². The van der Waals surface area contributed by atoms with Crippen LogP contribution in [0.25, 0.3) is 10.9 Å². The molecule has 156 valence electrons.